The molecule has 1 atom stereocenters. The number of aliphatic hydroxyl groups is 1. The predicted octanol–water partition coefficient (Wildman–Crippen LogP) is 5.46. The summed E-state index contributed by atoms with van der Waals surface area (Å²) in [7, 11) is -3.12. The van der Waals surface area contributed by atoms with E-state index in [2.05, 4.69) is 0 Å². The average Bonchev–Trinajstić information content (AvgIpc) is 3.35. The molecule has 0 aliphatic carbocycles. The number of hydrogen-bond acceptors (Lipinski definition) is 5. The highest BCUT2D eigenvalue weighted by Crippen LogP contribution is 2.37. The number of halogens is 1. The molecule has 1 unspecified atom stereocenters. The van der Waals surface area contributed by atoms with Crippen molar-refractivity contribution in [2.75, 3.05) is 11.5 Å². The SMILES string of the molecule is CC1(CC(=O)c2ccc3c(-c4cccc(C(C)(C)O)c4)nn(-c4ccc(F)cc4)c3c2)CCS(=O)(=O)C1. The molecular weight excluding hydrogens is 491 g/mol. The van der Waals surface area contributed by atoms with Crippen molar-refractivity contribution in [2.45, 2.75) is 39.2 Å². The van der Waals surface area contributed by atoms with Crippen LogP contribution in [0.3, 0.4) is 0 Å². The van der Waals surface area contributed by atoms with E-state index >= 15 is 0 Å². The Hall–Kier alpha value is -3.36. The maximum absolute atomic E-state index is 13.7. The zero-order valence-electron chi connectivity index (χ0n) is 21.0. The lowest BCUT2D eigenvalue weighted by Gasteiger charge is -2.20. The van der Waals surface area contributed by atoms with E-state index in [-0.39, 0.29) is 29.5 Å². The van der Waals surface area contributed by atoms with Crippen molar-refractivity contribution in [3.05, 3.63) is 83.7 Å². The van der Waals surface area contributed by atoms with E-state index in [1.165, 1.54) is 12.1 Å². The molecule has 0 saturated carbocycles. The molecule has 1 aliphatic heterocycles. The lowest BCUT2D eigenvalue weighted by Crippen LogP contribution is -2.22. The number of nitrogens with zero attached hydrogens (tertiary/aromatic N) is 2. The lowest BCUT2D eigenvalue weighted by atomic mass is 9.83. The first-order valence-corrected chi connectivity index (χ1v) is 14.0. The van der Waals surface area contributed by atoms with Crippen LogP contribution in [-0.4, -0.2) is 40.6 Å². The Morgan fingerprint density at radius 3 is 2.49 bits per heavy atom. The van der Waals surface area contributed by atoms with Gasteiger partial charge in [-0.2, -0.15) is 5.10 Å². The zero-order chi connectivity index (χ0) is 26.6. The molecular formula is C29H29FN2O4S. The highest BCUT2D eigenvalue weighted by atomic mass is 32.2. The Bertz CT molecular complexity index is 1620. The summed E-state index contributed by atoms with van der Waals surface area (Å²) < 4.78 is 39.4. The molecule has 1 fully saturated rings. The van der Waals surface area contributed by atoms with Crippen LogP contribution in [0.15, 0.2) is 66.7 Å². The highest BCUT2D eigenvalue weighted by molar-refractivity contribution is 7.91. The van der Waals surface area contributed by atoms with Crippen molar-refractivity contribution in [1.29, 1.82) is 0 Å². The molecule has 2 heterocycles. The highest BCUT2D eigenvalue weighted by Gasteiger charge is 2.40. The summed E-state index contributed by atoms with van der Waals surface area (Å²) in [5.74, 6) is -0.364. The van der Waals surface area contributed by atoms with Crippen LogP contribution in [0, 0.1) is 11.2 Å². The van der Waals surface area contributed by atoms with Gasteiger partial charge in [0, 0.05) is 22.9 Å². The summed E-state index contributed by atoms with van der Waals surface area (Å²) in [5, 5.41) is 16.2. The first-order valence-electron chi connectivity index (χ1n) is 12.2. The van der Waals surface area contributed by atoms with Crippen molar-refractivity contribution < 1.29 is 22.7 Å². The van der Waals surface area contributed by atoms with Gasteiger partial charge in [-0.1, -0.05) is 31.2 Å². The molecule has 0 spiro atoms. The van der Waals surface area contributed by atoms with E-state index in [1.54, 1.807) is 42.8 Å². The van der Waals surface area contributed by atoms with Gasteiger partial charge in [0.1, 0.15) is 11.5 Å². The first-order chi connectivity index (χ1) is 17.3. The summed E-state index contributed by atoms with van der Waals surface area (Å²) in [6.45, 7) is 5.29. The monoisotopic (exact) mass is 520 g/mol. The Morgan fingerprint density at radius 1 is 1.11 bits per heavy atom. The minimum Gasteiger partial charge on any atom is -0.386 e. The third-order valence-electron chi connectivity index (χ3n) is 7.09. The minimum atomic E-state index is -3.12. The molecule has 1 aromatic heterocycles. The standard InChI is InChI=1S/C29H29FN2O4S/c1-28(2,34)21-6-4-5-20(15-21)27-24-12-7-19(26(33)17-29(3)13-14-37(35,36)18-29)16-25(24)32(31-27)23-10-8-22(30)9-11-23/h4-12,15-16,34H,13-14,17-18H2,1-3H3. The van der Waals surface area contributed by atoms with Crippen LogP contribution < -0.4 is 0 Å². The first kappa shape index (κ1) is 25.3. The van der Waals surface area contributed by atoms with Crippen molar-refractivity contribution >= 4 is 26.5 Å². The van der Waals surface area contributed by atoms with Gasteiger partial charge in [0.15, 0.2) is 15.6 Å². The maximum Gasteiger partial charge on any atom is 0.163 e. The number of aromatic nitrogens is 2. The maximum atomic E-state index is 13.7. The Balaban J connectivity index is 1.62. The smallest absolute Gasteiger partial charge is 0.163 e. The Labute approximate surface area is 215 Å². The lowest BCUT2D eigenvalue weighted by molar-refractivity contribution is 0.0786. The largest absolute Gasteiger partial charge is 0.386 e. The molecule has 4 aromatic rings. The molecule has 6 nitrogen and oxygen atoms in total. The molecule has 5 rings (SSSR count). The fourth-order valence-electron chi connectivity index (χ4n) is 5.03. The number of rotatable bonds is 6. The molecule has 1 saturated heterocycles. The van der Waals surface area contributed by atoms with E-state index in [1.807, 2.05) is 37.3 Å². The van der Waals surface area contributed by atoms with Crippen molar-refractivity contribution in [1.82, 2.24) is 9.78 Å². The molecule has 0 bridgehead atoms. The van der Waals surface area contributed by atoms with Gasteiger partial charge in [-0.05, 0) is 73.7 Å². The van der Waals surface area contributed by atoms with Crippen molar-refractivity contribution in [3.8, 4) is 16.9 Å². The van der Waals surface area contributed by atoms with E-state index in [0.29, 0.717) is 28.9 Å². The predicted molar refractivity (Wildman–Crippen MR) is 142 cm³/mol. The third kappa shape index (κ3) is 5.08. The second kappa shape index (κ2) is 8.89. The number of hydrogen-bond donors (Lipinski definition) is 1. The van der Waals surface area contributed by atoms with Gasteiger partial charge in [0.25, 0.3) is 0 Å². The fraction of sp³-hybridized carbons (Fsp3) is 0.310. The van der Waals surface area contributed by atoms with Crippen molar-refractivity contribution in [3.63, 3.8) is 0 Å². The van der Waals surface area contributed by atoms with Crippen LogP contribution in [0.4, 0.5) is 4.39 Å². The van der Waals surface area contributed by atoms with Crippen LogP contribution in [-0.2, 0) is 15.4 Å². The number of benzene rings is 3. The average molecular weight is 521 g/mol. The summed E-state index contributed by atoms with van der Waals surface area (Å²) in [5.41, 5.74) is 2.37. The Kier molecular flexibility index (Phi) is 6.08. The number of sulfone groups is 1. The van der Waals surface area contributed by atoms with Crippen LogP contribution in [0.2, 0.25) is 0 Å². The van der Waals surface area contributed by atoms with Gasteiger partial charge < -0.3 is 5.11 Å². The van der Waals surface area contributed by atoms with Gasteiger partial charge in [-0.25, -0.2) is 17.5 Å². The van der Waals surface area contributed by atoms with E-state index in [4.69, 9.17) is 5.10 Å². The second-order valence-electron chi connectivity index (χ2n) is 10.9. The van der Waals surface area contributed by atoms with Gasteiger partial charge in [0.2, 0.25) is 0 Å². The number of ketones is 1. The number of Topliss-reactive ketones (excluding diaryl/α,β-unsaturated/α-hetero) is 1. The fourth-order valence-corrected chi connectivity index (χ4v) is 7.29. The number of carbonyl (C=O) groups excluding carboxylic acids is 1. The van der Waals surface area contributed by atoms with Gasteiger partial charge in [-0.15, -0.1) is 0 Å². The van der Waals surface area contributed by atoms with Crippen LogP contribution in [0.5, 0.6) is 0 Å². The summed E-state index contributed by atoms with van der Waals surface area (Å²) in [4.78, 5) is 13.3. The topological polar surface area (TPSA) is 89.3 Å². The van der Waals surface area contributed by atoms with E-state index in [9.17, 15) is 22.7 Å². The van der Waals surface area contributed by atoms with Crippen LogP contribution in [0.25, 0.3) is 27.8 Å². The number of carbonyl (C=O) groups is 1. The van der Waals surface area contributed by atoms with Crippen LogP contribution >= 0.6 is 0 Å². The van der Waals surface area contributed by atoms with E-state index < -0.39 is 20.9 Å². The summed E-state index contributed by atoms with van der Waals surface area (Å²) >= 11 is 0. The zero-order valence-corrected chi connectivity index (χ0v) is 21.8. The third-order valence-corrected chi connectivity index (χ3v) is 9.05. The molecule has 0 amide bonds. The normalized spacial score (nSPS) is 19.4. The minimum absolute atomic E-state index is 0.0171. The van der Waals surface area contributed by atoms with Gasteiger partial charge in [0.05, 0.1) is 28.3 Å². The van der Waals surface area contributed by atoms with Crippen molar-refractivity contribution in [2.24, 2.45) is 5.41 Å². The number of fused-ring (bicyclic) bond motifs is 1. The molecule has 0 radical (unpaired) electrons. The van der Waals surface area contributed by atoms with Crippen LogP contribution in [0.1, 0.15) is 49.5 Å². The molecule has 3 aromatic carbocycles. The quantitative estimate of drug-likeness (QED) is 0.341. The molecule has 1 aliphatic rings. The molecule has 192 valence electrons. The molecule has 1 N–H and O–H groups in total. The van der Waals surface area contributed by atoms with E-state index in [0.717, 1.165) is 16.5 Å². The second-order valence-corrected chi connectivity index (χ2v) is 13.0. The molecule has 37 heavy (non-hydrogen) atoms. The van der Waals surface area contributed by atoms with Gasteiger partial charge >= 0.3 is 0 Å². The molecule has 8 heteroatoms. The van der Waals surface area contributed by atoms with Gasteiger partial charge in [-0.3, -0.25) is 4.79 Å². The Morgan fingerprint density at radius 2 is 1.84 bits per heavy atom. The summed E-state index contributed by atoms with van der Waals surface area (Å²) in [6.07, 6.45) is 0.613. The summed E-state index contributed by atoms with van der Waals surface area (Å²) in [6, 6.07) is 18.8.